The highest BCUT2D eigenvalue weighted by Crippen LogP contribution is 2.33. The Hall–Kier alpha value is -2.60. The third kappa shape index (κ3) is 3.05. The summed E-state index contributed by atoms with van der Waals surface area (Å²) in [6.07, 6.45) is 1.49. The molecule has 1 amide bonds. The fourth-order valence-corrected chi connectivity index (χ4v) is 3.83. The first kappa shape index (κ1) is 16.3. The van der Waals surface area contributed by atoms with Crippen LogP contribution >= 0.6 is 0 Å². The molecule has 1 aliphatic rings. The van der Waals surface area contributed by atoms with Gasteiger partial charge >= 0.3 is 0 Å². The molecule has 1 heterocycles. The van der Waals surface area contributed by atoms with E-state index in [1.54, 1.807) is 12.1 Å². The van der Waals surface area contributed by atoms with Gasteiger partial charge in [0.25, 0.3) is 5.91 Å². The van der Waals surface area contributed by atoms with Crippen LogP contribution in [0.2, 0.25) is 0 Å². The molecule has 0 saturated heterocycles. The summed E-state index contributed by atoms with van der Waals surface area (Å²) < 4.78 is 29.2. The Morgan fingerprint density at radius 2 is 1.75 bits per heavy atom. The van der Waals surface area contributed by atoms with Crippen LogP contribution in [0.3, 0.4) is 0 Å². The number of ether oxygens (including phenoxy) is 1. The van der Waals surface area contributed by atoms with Crippen LogP contribution in [0.5, 0.6) is 5.75 Å². The van der Waals surface area contributed by atoms with Crippen molar-refractivity contribution in [1.29, 1.82) is 0 Å². The van der Waals surface area contributed by atoms with Crippen LogP contribution in [-0.2, 0) is 14.6 Å². The van der Waals surface area contributed by atoms with Gasteiger partial charge in [0.1, 0.15) is 5.75 Å². The molecule has 0 saturated carbocycles. The van der Waals surface area contributed by atoms with E-state index in [-0.39, 0.29) is 17.4 Å². The van der Waals surface area contributed by atoms with Gasteiger partial charge in [0, 0.05) is 16.7 Å². The largest absolute Gasteiger partial charge is 0.483 e. The van der Waals surface area contributed by atoms with Crippen molar-refractivity contribution in [3.63, 3.8) is 0 Å². The predicted octanol–water partition coefficient (Wildman–Crippen LogP) is 3.08. The number of carbonyl (C=O) groups is 1. The number of nitrogens with one attached hydrogen (secondary N) is 1. The first-order chi connectivity index (χ1) is 11.4. The monoisotopic (exact) mass is 343 g/mol. The summed E-state index contributed by atoms with van der Waals surface area (Å²) in [4.78, 5) is 12.3. The van der Waals surface area contributed by atoms with Crippen LogP contribution in [0.25, 0.3) is 6.08 Å². The first-order valence-corrected chi connectivity index (χ1v) is 8.98. The summed E-state index contributed by atoms with van der Waals surface area (Å²) in [7, 11) is -3.39. The molecule has 2 aromatic carbocycles. The lowest BCUT2D eigenvalue weighted by Gasteiger charge is -2.13. The number of para-hydroxylation sites is 1. The van der Waals surface area contributed by atoms with E-state index in [0.29, 0.717) is 11.3 Å². The average molecular weight is 343 g/mol. The lowest BCUT2D eigenvalue weighted by atomic mass is 10.1. The Bertz CT molecular complexity index is 925. The molecular weight excluding hydrogens is 326 g/mol. The van der Waals surface area contributed by atoms with Gasteiger partial charge in [-0.15, -0.1) is 0 Å². The van der Waals surface area contributed by atoms with Crippen molar-refractivity contribution in [2.75, 3.05) is 11.9 Å². The Balaban J connectivity index is 1.73. The number of hydrogen-bond acceptors (Lipinski definition) is 4. The minimum atomic E-state index is -3.39. The molecule has 1 aliphatic heterocycles. The Kier molecular flexibility index (Phi) is 4.15. The summed E-state index contributed by atoms with van der Waals surface area (Å²) >= 11 is 0. The molecule has 3 rings (SSSR count). The summed E-state index contributed by atoms with van der Waals surface area (Å²) in [5, 5.41) is 3.97. The molecule has 124 valence electrons. The van der Waals surface area contributed by atoms with E-state index in [2.05, 4.69) is 5.32 Å². The van der Waals surface area contributed by atoms with E-state index in [4.69, 9.17) is 4.74 Å². The SMILES string of the molecule is Cc1cccc(C)c1NC(=O)COc1cccc2c1C=CS2(=O)=O. The van der Waals surface area contributed by atoms with Crippen molar-refractivity contribution >= 4 is 27.5 Å². The van der Waals surface area contributed by atoms with Gasteiger partial charge in [-0.1, -0.05) is 24.3 Å². The van der Waals surface area contributed by atoms with Gasteiger partial charge < -0.3 is 10.1 Å². The Morgan fingerprint density at radius 3 is 2.46 bits per heavy atom. The molecule has 0 spiro atoms. The van der Waals surface area contributed by atoms with Crippen molar-refractivity contribution in [3.8, 4) is 5.75 Å². The van der Waals surface area contributed by atoms with Crippen LogP contribution < -0.4 is 10.1 Å². The van der Waals surface area contributed by atoms with Gasteiger partial charge in [-0.3, -0.25) is 4.79 Å². The maximum Gasteiger partial charge on any atom is 0.262 e. The molecular formula is C18H17NO4S. The Morgan fingerprint density at radius 1 is 1.08 bits per heavy atom. The standard InChI is InChI=1S/C18H17NO4S/c1-12-5-3-6-13(2)18(12)19-17(20)11-23-15-7-4-8-16-14(15)9-10-24(16,21)22/h3-10H,11H2,1-2H3,(H,19,20). The molecule has 0 bridgehead atoms. The van der Waals surface area contributed by atoms with E-state index < -0.39 is 9.84 Å². The molecule has 0 fully saturated rings. The molecule has 2 aromatic rings. The van der Waals surface area contributed by atoms with Gasteiger partial charge in [0.05, 0.1) is 4.90 Å². The average Bonchev–Trinajstić information content (AvgIpc) is 2.85. The summed E-state index contributed by atoms with van der Waals surface area (Å²) in [6.45, 7) is 3.64. The fraction of sp³-hybridized carbons (Fsp3) is 0.167. The zero-order valence-electron chi connectivity index (χ0n) is 13.4. The van der Waals surface area contributed by atoms with Gasteiger partial charge in [-0.2, -0.15) is 0 Å². The Labute approximate surface area is 140 Å². The topological polar surface area (TPSA) is 72.5 Å². The van der Waals surface area contributed by atoms with Gasteiger partial charge in [-0.05, 0) is 43.2 Å². The zero-order chi connectivity index (χ0) is 17.3. The predicted molar refractivity (Wildman–Crippen MR) is 92.7 cm³/mol. The minimum absolute atomic E-state index is 0.196. The van der Waals surface area contributed by atoms with Crippen molar-refractivity contribution in [1.82, 2.24) is 0 Å². The molecule has 0 aromatic heterocycles. The normalized spacial score (nSPS) is 14.2. The fourth-order valence-electron chi connectivity index (χ4n) is 2.62. The highest BCUT2D eigenvalue weighted by atomic mass is 32.2. The number of fused-ring (bicyclic) bond motifs is 1. The van der Waals surface area contributed by atoms with Crippen LogP contribution in [0.15, 0.2) is 46.7 Å². The molecule has 0 radical (unpaired) electrons. The third-order valence-electron chi connectivity index (χ3n) is 3.85. The number of aryl methyl sites for hydroxylation is 2. The second-order valence-electron chi connectivity index (χ2n) is 5.62. The van der Waals surface area contributed by atoms with Crippen LogP contribution in [0, 0.1) is 13.8 Å². The second kappa shape index (κ2) is 6.13. The van der Waals surface area contributed by atoms with E-state index in [1.165, 1.54) is 12.1 Å². The van der Waals surface area contributed by atoms with Crippen molar-refractivity contribution in [3.05, 3.63) is 58.5 Å². The van der Waals surface area contributed by atoms with E-state index in [0.717, 1.165) is 22.2 Å². The summed E-state index contributed by atoms with van der Waals surface area (Å²) in [6, 6.07) is 10.5. The minimum Gasteiger partial charge on any atom is -0.483 e. The smallest absolute Gasteiger partial charge is 0.262 e. The maximum atomic E-state index is 12.1. The van der Waals surface area contributed by atoms with Crippen LogP contribution in [0.1, 0.15) is 16.7 Å². The first-order valence-electron chi connectivity index (χ1n) is 7.43. The lowest BCUT2D eigenvalue weighted by Crippen LogP contribution is -2.21. The maximum absolute atomic E-state index is 12.1. The van der Waals surface area contributed by atoms with Gasteiger partial charge in [0.15, 0.2) is 6.61 Å². The number of amides is 1. The molecule has 6 heteroatoms. The molecule has 0 aliphatic carbocycles. The van der Waals surface area contributed by atoms with Gasteiger partial charge in [-0.25, -0.2) is 8.42 Å². The summed E-state index contributed by atoms with van der Waals surface area (Å²) in [5.41, 5.74) is 3.19. The van der Waals surface area contributed by atoms with Crippen molar-refractivity contribution in [2.24, 2.45) is 0 Å². The molecule has 1 N–H and O–H groups in total. The molecule has 24 heavy (non-hydrogen) atoms. The van der Waals surface area contributed by atoms with E-state index in [1.807, 2.05) is 32.0 Å². The van der Waals surface area contributed by atoms with Crippen molar-refractivity contribution in [2.45, 2.75) is 18.7 Å². The second-order valence-corrected chi connectivity index (χ2v) is 7.42. The summed E-state index contributed by atoms with van der Waals surface area (Å²) in [5.74, 6) is 0.0799. The highest BCUT2D eigenvalue weighted by molar-refractivity contribution is 7.94. The van der Waals surface area contributed by atoms with Gasteiger partial charge in [0.2, 0.25) is 9.84 Å². The molecule has 5 nitrogen and oxygen atoms in total. The lowest BCUT2D eigenvalue weighted by molar-refractivity contribution is -0.118. The highest BCUT2D eigenvalue weighted by Gasteiger charge is 2.23. The van der Waals surface area contributed by atoms with E-state index in [9.17, 15) is 13.2 Å². The quantitative estimate of drug-likeness (QED) is 0.926. The van der Waals surface area contributed by atoms with E-state index >= 15 is 0 Å². The molecule has 0 atom stereocenters. The number of anilines is 1. The zero-order valence-corrected chi connectivity index (χ0v) is 14.2. The number of benzene rings is 2. The third-order valence-corrected chi connectivity index (χ3v) is 5.31. The number of rotatable bonds is 4. The van der Waals surface area contributed by atoms with Crippen molar-refractivity contribution < 1.29 is 17.9 Å². The number of hydrogen-bond donors (Lipinski definition) is 1. The number of sulfone groups is 1. The van der Waals surface area contributed by atoms with Crippen LogP contribution in [-0.4, -0.2) is 20.9 Å². The number of carbonyl (C=O) groups excluding carboxylic acids is 1. The molecule has 0 unspecified atom stereocenters. The van der Waals surface area contributed by atoms with Crippen LogP contribution in [0.4, 0.5) is 5.69 Å².